The molecule has 0 aliphatic rings. The van der Waals surface area contributed by atoms with Crippen molar-refractivity contribution in [2.45, 2.75) is 137 Å². The van der Waals surface area contributed by atoms with Crippen LogP contribution in [0.2, 0.25) is 0 Å². The van der Waals surface area contributed by atoms with E-state index in [2.05, 4.69) is 39.0 Å². The number of halogens is 2. The molecule has 0 spiro atoms. The normalized spacial score (nSPS) is 11.2. The highest BCUT2D eigenvalue weighted by atomic mass is 32.2. The first kappa shape index (κ1) is 52.1. The number of carbonyl (C=O) groups excluding carboxylic acids is 3. The van der Waals surface area contributed by atoms with E-state index in [0.29, 0.717) is 17.2 Å². The number of sulfone groups is 1. The Morgan fingerprint density at radius 1 is 0.678 bits per heavy atom. The highest BCUT2D eigenvalue weighted by Crippen LogP contribution is 2.25. The van der Waals surface area contributed by atoms with Gasteiger partial charge in [-0.15, -0.1) is 0 Å². The van der Waals surface area contributed by atoms with Gasteiger partial charge in [0.2, 0.25) is 11.8 Å². The lowest BCUT2D eigenvalue weighted by Gasteiger charge is -2.20. The van der Waals surface area contributed by atoms with Crippen LogP contribution in [0.5, 0.6) is 0 Å². The Hall–Kier alpha value is -4.90. The summed E-state index contributed by atoms with van der Waals surface area (Å²) < 4.78 is 54.5. The largest absolute Gasteiger partial charge is 0.460 e. The van der Waals surface area contributed by atoms with Crippen LogP contribution in [-0.2, 0) is 25.8 Å². The zero-order chi connectivity index (χ0) is 45.4. The number of carbonyl (C=O) groups is 3. The fraction of sp³-hybridized carbons (Fsp3) is 0.438. The van der Waals surface area contributed by atoms with E-state index in [1.165, 1.54) is 34.9 Å². The summed E-state index contributed by atoms with van der Waals surface area (Å²) in [6, 6.07) is 22.0. The molecule has 0 atom stereocenters. The van der Waals surface area contributed by atoms with Crippen molar-refractivity contribution in [1.82, 2.24) is 0 Å². The number of primary amides is 2. The predicted octanol–water partition coefficient (Wildman–Crippen LogP) is 11.1. The second-order valence-electron chi connectivity index (χ2n) is 16.6. The maximum absolute atomic E-state index is 12.9. The van der Waals surface area contributed by atoms with Gasteiger partial charge in [0.05, 0.1) is 10.6 Å². The van der Waals surface area contributed by atoms with Gasteiger partial charge in [-0.25, -0.2) is 17.2 Å². The van der Waals surface area contributed by atoms with Crippen molar-refractivity contribution in [2.75, 3.05) is 5.75 Å². The lowest BCUT2D eigenvalue weighted by molar-refractivity contribution is -0.154. The number of nitrogens with two attached hydrogens (primary N) is 2. The summed E-state index contributed by atoms with van der Waals surface area (Å²) in [7, 11) is -3.07. The van der Waals surface area contributed by atoms with Gasteiger partial charge in [-0.3, -0.25) is 14.4 Å². The smallest absolute Gasteiger partial charge is 0.306 e. The molecule has 4 N–H and O–H groups in total. The molecule has 0 unspecified atom stereocenters. The summed E-state index contributed by atoms with van der Waals surface area (Å²) >= 11 is 0. The Kier molecular flexibility index (Phi) is 20.9. The average Bonchev–Trinajstić information content (AvgIpc) is 3.13. The SMILES string of the molecule is CC(C)c1cc(F)cc(C(N)=O)c1.CC(C)c1ccc(F)cc1C(N)=O.CCS(=O)(=O)c1ccccc1C(C)C.Cc1ccc(CCC(=O)OC(C)(C)C)c(C(C)C)c1. The monoisotopic (exact) mass is 836 g/mol. The number of rotatable bonds is 11. The maximum atomic E-state index is 12.9. The average molecular weight is 837 g/mol. The molecule has 4 rings (SSSR count). The number of ether oxygens (including phenoxy) is 1. The van der Waals surface area contributed by atoms with Crippen LogP contribution in [0.4, 0.5) is 8.78 Å². The fourth-order valence-corrected chi connectivity index (χ4v) is 7.10. The quantitative estimate of drug-likeness (QED) is 0.144. The molecule has 4 aromatic carbocycles. The van der Waals surface area contributed by atoms with Gasteiger partial charge < -0.3 is 16.2 Å². The molecule has 59 heavy (non-hydrogen) atoms. The molecule has 0 radical (unpaired) electrons. The van der Waals surface area contributed by atoms with Crippen molar-refractivity contribution >= 4 is 27.6 Å². The summed E-state index contributed by atoms with van der Waals surface area (Å²) in [5, 5.41) is 0. The lowest BCUT2D eigenvalue weighted by Crippen LogP contribution is -2.24. The highest BCUT2D eigenvalue weighted by Gasteiger charge is 2.18. The van der Waals surface area contributed by atoms with E-state index in [-0.39, 0.29) is 40.6 Å². The summed E-state index contributed by atoms with van der Waals surface area (Å²) in [6.07, 6.45) is 1.20. The van der Waals surface area contributed by atoms with E-state index in [0.717, 1.165) is 29.2 Å². The number of benzene rings is 4. The topological polar surface area (TPSA) is 147 Å². The van der Waals surface area contributed by atoms with Crippen LogP contribution in [-0.4, -0.2) is 37.6 Å². The molecule has 0 bridgehead atoms. The van der Waals surface area contributed by atoms with Crippen molar-refractivity contribution in [3.05, 3.63) is 135 Å². The van der Waals surface area contributed by atoms with E-state index in [9.17, 15) is 31.6 Å². The first-order valence-corrected chi connectivity index (χ1v) is 21.7. The van der Waals surface area contributed by atoms with Gasteiger partial charge in [-0.05, 0) is 122 Å². The molecular weight excluding hydrogens is 771 g/mol. The van der Waals surface area contributed by atoms with Gasteiger partial charge in [0.1, 0.15) is 17.2 Å². The molecule has 0 aromatic heterocycles. The van der Waals surface area contributed by atoms with Crippen molar-refractivity contribution in [3.8, 4) is 0 Å². The molecule has 4 aromatic rings. The fourth-order valence-electron chi connectivity index (χ4n) is 5.84. The van der Waals surface area contributed by atoms with E-state index >= 15 is 0 Å². The molecule has 0 fully saturated rings. The molecule has 0 saturated carbocycles. The molecule has 2 amide bonds. The van der Waals surface area contributed by atoms with Crippen LogP contribution in [0.25, 0.3) is 0 Å². The Morgan fingerprint density at radius 2 is 1.25 bits per heavy atom. The van der Waals surface area contributed by atoms with Gasteiger partial charge in [0.25, 0.3) is 0 Å². The minimum atomic E-state index is -3.07. The minimum Gasteiger partial charge on any atom is -0.460 e. The lowest BCUT2D eigenvalue weighted by atomic mass is 9.93. The molecule has 0 saturated heterocycles. The first-order chi connectivity index (χ1) is 27.2. The predicted molar refractivity (Wildman–Crippen MR) is 236 cm³/mol. The van der Waals surface area contributed by atoms with Gasteiger partial charge in [-0.1, -0.05) is 110 Å². The number of amides is 2. The number of aryl methyl sites for hydroxylation is 2. The Morgan fingerprint density at radius 3 is 1.75 bits per heavy atom. The van der Waals surface area contributed by atoms with Crippen LogP contribution >= 0.6 is 0 Å². The minimum absolute atomic E-state index is 0.122. The summed E-state index contributed by atoms with van der Waals surface area (Å²) in [6.45, 7) is 25.6. The Balaban J connectivity index is 0.000000399. The number of hydrogen-bond donors (Lipinski definition) is 2. The van der Waals surface area contributed by atoms with Crippen molar-refractivity contribution in [3.63, 3.8) is 0 Å². The standard InChI is InChI=1S/C17H26O2.C11H16O2S.2C10H12FNO/c1-12(2)15-11-13(3)7-8-14(15)9-10-16(18)19-17(4,5)6;1-4-14(12,13)11-8-6-5-7-10(11)9(2)3;1-6(2)7-3-8(10(12)13)5-9(11)4-7;1-6(2)8-4-3-7(11)5-9(8)10(12)13/h7-8,11-12H,9-10H2,1-6H3;5-9H,4H2,1-3H3;2*3-6H,1-2H3,(H2,12,13). The van der Waals surface area contributed by atoms with Crippen molar-refractivity contribution < 1.29 is 36.3 Å². The zero-order valence-electron chi connectivity index (χ0n) is 37.2. The number of hydrogen-bond acceptors (Lipinski definition) is 6. The third-order valence-electron chi connectivity index (χ3n) is 8.97. The van der Waals surface area contributed by atoms with Crippen molar-refractivity contribution in [2.24, 2.45) is 11.5 Å². The molecule has 324 valence electrons. The third kappa shape index (κ3) is 18.3. The van der Waals surface area contributed by atoms with E-state index in [1.54, 1.807) is 31.2 Å². The van der Waals surface area contributed by atoms with E-state index in [4.69, 9.17) is 16.2 Å². The van der Waals surface area contributed by atoms with Crippen LogP contribution in [0, 0.1) is 18.6 Å². The van der Waals surface area contributed by atoms with Gasteiger partial charge >= 0.3 is 5.97 Å². The van der Waals surface area contributed by atoms with Crippen LogP contribution < -0.4 is 11.5 Å². The molecule has 0 aliphatic carbocycles. The molecule has 8 nitrogen and oxygen atoms in total. The second-order valence-corrected chi connectivity index (χ2v) is 18.8. The molecular formula is C48H66F2N2O6S. The first-order valence-electron chi connectivity index (χ1n) is 20.0. The van der Waals surface area contributed by atoms with E-state index in [1.807, 2.05) is 74.4 Å². The summed E-state index contributed by atoms with van der Waals surface area (Å²) in [4.78, 5) is 34.0. The Labute approximate surface area is 352 Å². The zero-order valence-corrected chi connectivity index (χ0v) is 38.0. The summed E-state index contributed by atoms with van der Waals surface area (Å²) in [5.74, 6) is -0.903. The summed E-state index contributed by atoms with van der Waals surface area (Å²) in [5.41, 5.74) is 16.6. The van der Waals surface area contributed by atoms with Gasteiger partial charge in [0, 0.05) is 17.5 Å². The third-order valence-corrected chi connectivity index (χ3v) is 10.8. The number of esters is 1. The second kappa shape index (κ2) is 23.6. The van der Waals surface area contributed by atoms with Gasteiger partial charge in [-0.2, -0.15) is 0 Å². The molecule has 11 heteroatoms. The van der Waals surface area contributed by atoms with Crippen LogP contribution in [0.15, 0.2) is 83.8 Å². The highest BCUT2D eigenvalue weighted by molar-refractivity contribution is 7.91. The van der Waals surface area contributed by atoms with Crippen LogP contribution in [0.3, 0.4) is 0 Å². The van der Waals surface area contributed by atoms with Gasteiger partial charge in [0.15, 0.2) is 9.84 Å². The van der Waals surface area contributed by atoms with E-state index < -0.39 is 38.9 Å². The molecule has 0 aliphatic heterocycles. The Bertz CT molecular complexity index is 2120. The van der Waals surface area contributed by atoms with Crippen LogP contribution in [0.1, 0.15) is 167 Å². The maximum Gasteiger partial charge on any atom is 0.306 e. The van der Waals surface area contributed by atoms with Crippen molar-refractivity contribution in [1.29, 1.82) is 0 Å². The molecule has 0 heterocycles.